The number of Topliss-reactive ketones (excluding diaryl/α,β-unsaturated/α-hetero) is 1. The highest BCUT2D eigenvalue weighted by Crippen LogP contribution is 2.80. The third-order valence-electron chi connectivity index (χ3n) is 11.8. The van der Waals surface area contributed by atoms with Gasteiger partial charge >= 0.3 is 0 Å². The van der Waals surface area contributed by atoms with Crippen molar-refractivity contribution < 1.29 is 4.79 Å². The number of rotatable bonds is 4. The number of ketones is 1. The van der Waals surface area contributed by atoms with Crippen molar-refractivity contribution in [2.45, 2.75) is 92.9 Å². The molecule has 0 bridgehead atoms. The van der Waals surface area contributed by atoms with E-state index in [0.29, 0.717) is 34.4 Å². The lowest BCUT2D eigenvalue weighted by Gasteiger charge is -2.58. The van der Waals surface area contributed by atoms with E-state index in [1.54, 1.807) is 0 Å². The van der Waals surface area contributed by atoms with Gasteiger partial charge in [-0.1, -0.05) is 53.7 Å². The van der Waals surface area contributed by atoms with Crippen molar-refractivity contribution in [1.82, 2.24) is 0 Å². The molecule has 0 unspecified atom stereocenters. The fourth-order valence-corrected chi connectivity index (χ4v) is 9.62. The molecule has 5 aliphatic rings. The first kappa shape index (κ1) is 20.3. The molecule has 1 nitrogen and oxygen atoms in total. The van der Waals surface area contributed by atoms with Gasteiger partial charge in [0.25, 0.3) is 0 Å². The van der Waals surface area contributed by atoms with Gasteiger partial charge in [0.2, 0.25) is 0 Å². The number of hydrogen-bond acceptors (Lipinski definition) is 1. The van der Waals surface area contributed by atoms with Crippen LogP contribution in [0.2, 0.25) is 0 Å². The van der Waals surface area contributed by atoms with Gasteiger partial charge in [0.1, 0.15) is 5.78 Å². The molecule has 0 N–H and O–H groups in total. The molecule has 5 fully saturated rings. The maximum atomic E-state index is 13.4. The lowest BCUT2D eigenvalue weighted by molar-refractivity contribution is -0.151. The first-order valence-electron chi connectivity index (χ1n) is 12.9. The molecule has 0 amide bonds. The molecular weight excluding hydrogens is 352 g/mol. The Hall–Kier alpha value is -0.590. The van der Waals surface area contributed by atoms with Crippen LogP contribution in [0, 0.1) is 63.6 Å². The van der Waals surface area contributed by atoms with Crippen LogP contribution in [0.5, 0.6) is 0 Å². The van der Waals surface area contributed by atoms with Gasteiger partial charge in [0, 0.05) is 11.8 Å². The summed E-state index contributed by atoms with van der Waals surface area (Å²) in [6.07, 6.45) is 15.4. The lowest BCUT2D eigenvalue weighted by atomic mass is 9.45. The quantitative estimate of drug-likeness (QED) is 0.455. The fraction of sp³-hybridized carbons (Fsp3) is 0.893. The molecule has 0 aromatic rings. The van der Waals surface area contributed by atoms with E-state index in [0.717, 1.165) is 36.0 Å². The van der Waals surface area contributed by atoms with Crippen LogP contribution in [0.1, 0.15) is 92.9 Å². The molecule has 0 radical (unpaired) electrons. The summed E-state index contributed by atoms with van der Waals surface area (Å²) in [5.41, 5.74) is 0.937. The average Bonchev–Trinajstić information content (AvgIpc) is 3.20. The summed E-state index contributed by atoms with van der Waals surface area (Å²) in [7, 11) is 0. The molecule has 0 saturated heterocycles. The smallest absolute Gasteiger partial charge is 0.140 e. The van der Waals surface area contributed by atoms with Crippen LogP contribution in [0.3, 0.4) is 0 Å². The van der Waals surface area contributed by atoms with E-state index in [4.69, 9.17) is 0 Å². The van der Waals surface area contributed by atoms with Crippen LogP contribution in [-0.2, 0) is 4.79 Å². The van der Waals surface area contributed by atoms with Crippen molar-refractivity contribution in [3.63, 3.8) is 0 Å². The zero-order valence-corrected chi connectivity index (χ0v) is 19.8. The second-order valence-electron chi connectivity index (χ2n) is 12.9. The SMILES string of the molecule is CC(C)[C@@H](C)/C=C/[C@@H](C)[C@H]1CC[C@H]2[C@@H]3CC(=O)[C@]45C[C@H]4CC[C@]5(C)[C@H]3CC[C@]12C. The van der Waals surface area contributed by atoms with E-state index in [2.05, 4.69) is 53.7 Å². The fourth-order valence-electron chi connectivity index (χ4n) is 9.62. The van der Waals surface area contributed by atoms with Crippen LogP contribution >= 0.6 is 0 Å². The third-order valence-corrected chi connectivity index (χ3v) is 11.8. The van der Waals surface area contributed by atoms with Crippen LogP contribution < -0.4 is 0 Å². The van der Waals surface area contributed by atoms with E-state index in [-0.39, 0.29) is 5.41 Å². The largest absolute Gasteiger partial charge is 0.299 e. The maximum absolute atomic E-state index is 13.4. The molecule has 1 spiro atoms. The van der Waals surface area contributed by atoms with Crippen molar-refractivity contribution in [2.75, 3.05) is 0 Å². The zero-order chi connectivity index (χ0) is 20.8. The Balaban J connectivity index is 1.38. The first-order valence-corrected chi connectivity index (χ1v) is 12.9. The summed E-state index contributed by atoms with van der Waals surface area (Å²) in [5, 5.41) is 0. The molecule has 0 aromatic carbocycles. The molecule has 10 atom stereocenters. The molecule has 5 rings (SSSR count). The minimum Gasteiger partial charge on any atom is -0.299 e. The molecule has 5 saturated carbocycles. The number of carbonyl (C=O) groups excluding carboxylic acids is 1. The van der Waals surface area contributed by atoms with Crippen LogP contribution in [0.25, 0.3) is 0 Å². The number of hydrogen-bond donors (Lipinski definition) is 0. The summed E-state index contributed by atoms with van der Waals surface area (Å²) >= 11 is 0. The van der Waals surface area contributed by atoms with Crippen molar-refractivity contribution in [3.8, 4) is 0 Å². The Morgan fingerprint density at radius 3 is 2.38 bits per heavy atom. The number of fused-ring (bicyclic) bond motifs is 4. The van der Waals surface area contributed by atoms with Gasteiger partial charge in [-0.2, -0.15) is 0 Å². The monoisotopic (exact) mass is 396 g/mol. The highest BCUT2D eigenvalue weighted by molar-refractivity contribution is 5.91. The molecule has 162 valence electrons. The standard InChI is InChI=1S/C28H44O/c1-17(2)18(3)7-8-19(4)22-9-10-23-21-15-25(29)28-16-20(28)11-14-27(28,6)24(21)12-13-26(22,23)5/h7-8,17-24H,9-16H2,1-6H3/b8-7+/t18-,19+,20+,21-,22+,23-,24-,26+,27+,28-/m0/s1. The Labute approximate surface area is 179 Å². The van der Waals surface area contributed by atoms with E-state index < -0.39 is 0 Å². The van der Waals surface area contributed by atoms with Gasteiger partial charge in [-0.25, -0.2) is 0 Å². The second kappa shape index (κ2) is 6.46. The Morgan fingerprint density at radius 1 is 0.931 bits per heavy atom. The zero-order valence-electron chi connectivity index (χ0n) is 19.8. The van der Waals surface area contributed by atoms with Gasteiger partial charge in [-0.05, 0) is 103 Å². The van der Waals surface area contributed by atoms with Gasteiger partial charge in [0.05, 0.1) is 0 Å². The molecule has 5 aliphatic carbocycles. The Morgan fingerprint density at radius 2 is 1.69 bits per heavy atom. The topological polar surface area (TPSA) is 17.1 Å². The highest BCUT2D eigenvalue weighted by atomic mass is 16.1. The molecule has 0 heterocycles. The van der Waals surface area contributed by atoms with Crippen LogP contribution in [0.15, 0.2) is 12.2 Å². The molecule has 29 heavy (non-hydrogen) atoms. The number of carbonyl (C=O) groups is 1. The molecule has 1 heteroatoms. The van der Waals surface area contributed by atoms with Crippen molar-refractivity contribution in [1.29, 1.82) is 0 Å². The summed E-state index contributed by atoms with van der Waals surface area (Å²) in [5.74, 6) is 6.63. The minimum atomic E-state index is 0.142. The first-order chi connectivity index (χ1) is 13.6. The second-order valence-corrected chi connectivity index (χ2v) is 12.9. The summed E-state index contributed by atoms with van der Waals surface area (Å²) in [4.78, 5) is 13.4. The average molecular weight is 397 g/mol. The Kier molecular flexibility index (Phi) is 4.53. The van der Waals surface area contributed by atoms with Crippen LogP contribution in [0.4, 0.5) is 0 Å². The summed E-state index contributed by atoms with van der Waals surface area (Å²) < 4.78 is 0. The normalized spacial score (nSPS) is 52.8. The van der Waals surface area contributed by atoms with Crippen molar-refractivity contribution >= 4 is 5.78 Å². The predicted molar refractivity (Wildman–Crippen MR) is 120 cm³/mol. The predicted octanol–water partition coefficient (Wildman–Crippen LogP) is 7.31. The maximum Gasteiger partial charge on any atom is 0.140 e. The summed E-state index contributed by atoms with van der Waals surface area (Å²) in [6, 6.07) is 0. The van der Waals surface area contributed by atoms with Gasteiger partial charge < -0.3 is 0 Å². The van der Waals surface area contributed by atoms with Gasteiger partial charge in [-0.15, -0.1) is 0 Å². The van der Waals surface area contributed by atoms with E-state index in [1.807, 2.05) is 0 Å². The minimum absolute atomic E-state index is 0.142. The van der Waals surface area contributed by atoms with E-state index >= 15 is 0 Å². The highest BCUT2D eigenvalue weighted by Gasteiger charge is 2.77. The van der Waals surface area contributed by atoms with E-state index in [9.17, 15) is 4.79 Å². The van der Waals surface area contributed by atoms with Crippen LogP contribution in [-0.4, -0.2) is 5.78 Å². The summed E-state index contributed by atoms with van der Waals surface area (Å²) in [6.45, 7) is 14.6. The van der Waals surface area contributed by atoms with E-state index in [1.165, 1.54) is 44.9 Å². The van der Waals surface area contributed by atoms with Gasteiger partial charge in [0.15, 0.2) is 0 Å². The number of allylic oxidation sites excluding steroid dienone is 2. The molecular formula is C28H44O. The Bertz CT molecular complexity index is 720. The molecule has 0 aliphatic heterocycles. The molecule has 0 aromatic heterocycles. The van der Waals surface area contributed by atoms with Gasteiger partial charge in [-0.3, -0.25) is 4.79 Å². The van der Waals surface area contributed by atoms with Crippen molar-refractivity contribution in [3.05, 3.63) is 12.2 Å². The van der Waals surface area contributed by atoms with Crippen molar-refractivity contribution in [2.24, 2.45) is 63.6 Å². The lowest BCUT2D eigenvalue weighted by Crippen LogP contribution is -2.55. The third kappa shape index (κ3) is 2.54.